The third-order valence-corrected chi connectivity index (χ3v) is 7.22. The number of fused-ring (bicyclic) bond motifs is 1. The first kappa shape index (κ1) is 22.3. The van der Waals surface area contributed by atoms with Gasteiger partial charge in [-0.05, 0) is 74.0 Å². The molecule has 0 bridgehead atoms. The zero-order chi connectivity index (χ0) is 23.8. The molecule has 0 spiro atoms. The van der Waals surface area contributed by atoms with Crippen LogP contribution in [0.25, 0.3) is 15.9 Å². The van der Waals surface area contributed by atoms with Gasteiger partial charge < -0.3 is 10.2 Å². The molecular formula is C26H25FN4O2S. The summed E-state index contributed by atoms with van der Waals surface area (Å²) in [6.07, 6.45) is 1.27. The number of aromatic nitrogens is 2. The Kier molecular flexibility index (Phi) is 5.91. The van der Waals surface area contributed by atoms with E-state index >= 15 is 0 Å². The molecule has 1 aliphatic heterocycles. The van der Waals surface area contributed by atoms with Gasteiger partial charge >= 0.3 is 0 Å². The van der Waals surface area contributed by atoms with Crippen molar-refractivity contribution in [3.05, 3.63) is 81.2 Å². The Morgan fingerprint density at radius 1 is 1.09 bits per heavy atom. The first-order chi connectivity index (χ1) is 16.4. The highest BCUT2D eigenvalue weighted by Gasteiger charge is 2.28. The molecule has 1 N–H and O–H groups in total. The molecule has 2 aromatic heterocycles. The summed E-state index contributed by atoms with van der Waals surface area (Å²) in [4.78, 5) is 33.1. The first-order valence-electron chi connectivity index (χ1n) is 11.3. The average Bonchev–Trinajstić information content (AvgIpc) is 3.31. The third-order valence-electron chi connectivity index (χ3n) is 6.33. The van der Waals surface area contributed by atoms with Crippen LogP contribution in [0.15, 0.2) is 58.7 Å². The van der Waals surface area contributed by atoms with Crippen molar-refractivity contribution >= 4 is 39.1 Å². The topological polar surface area (TPSA) is 67.2 Å². The Balaban J connectivity index is 1.38. The highest BCUT2D eigenvalue weighted by molar-refractivity contribution is 7.17. The van der Waals surface area contributed by atoms with Crippen molar-refractivity contribution in [1.29, 1.82) is 0 Å². The van der Waals surface area contributed by atoms with Crippen LogP contribution in [-0.2, 0) is 4.79 Å². The van der Waals surface area contributed by atoms with Crippen molar-refractivity contribution in [3.63, 3.8) is 0 Å². The Hall–Kier alpha value is -3.52. The van der Waals surface area contributed by atoms with Crippen LogP contribution < -0.4 is 15.8 Å². The largest absolute Gasteiger partial charge is 0.342 e. The van der Waals surface area contributed by atoms with E-state index in [-0.39, 0.29) is 23.2 Å². The van der Waals surface area contributed by atoms with E-state index < -0.39 is 0 Å². The minimum Gasteiger partial charge on any atom is -0.342 e. The van der Waals surface area contributed by atoms with Gasteiger partial charge in [-0.1, -0.05) is 17.7 Å². The quantitative estimate of drug-likeness (QED) is 0.447. The molecular weight excluding hydrogens is 451 g/mol. The van der Waals surface area contributed by atoms with Crippen LogP contribution in [-0.4, -0.2) is 28.5 Å². The summed E-state index contributed by atoms with van der Waals surface area (Å²) >= 11 is 1.40. The molecule has 4 aromatic rings. The predicted molar refractivity (Wildman–Crippen MR) is 135 cm³/mol. The van der Waals surface area contributed by atoms with Crippen molar-refractivity contribution in [2.75, 3.05) is 23.3 Å². The second kappa shape index (κ2) is 9.02. The molecule has 1 amide bonds. The van der Waals surface area contributed by atoms with E-state index in [1.54, 1.807) is 23.6 Å². The average molecular weight is 477 g/mol. The molecule has 0 unspecified atom stereocenters. The van der Waals surface area contributed by atoms with E-state index in [2.05, 4.69) is 10.2 Å². The molecule has 34 heavy (non-hydrogen) atoms. The number of aryl methyl sites for hydroxylation is 2. The summed E-state index contributed by atoms with van der Waals surface area (Å²) in [6.45, 7) is 4.90. The third kappa shape index (κ3) is 4.21. The monoisotopic (exact) mass is 476 g/mol. The van der Waals surface area contributed by atoms with Gasteiger partial charge in [-0.3, -0.25) is 9.59 Å². The van der Waals surface area contributed by atoms with Gasteiger partial charge in [0.25, 0.3) is 5.56 Å². The van der Waals surface area contributed by atoms with E-state index in [1.165, 1.54) is 17.4 Å². The fourth-order valence-corrected chi connectivity index (χ4v) is 5.11. The van der Waals surface area contributed by atoms with E-state index in [1.807, 2.05) is 42.6 Å². The number of halogens is 1. The Morgan fingerprint density at radius 3 is 2.53 bits per heavy atom. The number of hydrogen-bond acceptors (Lipinski definition) is 5. The number of nitrogens with one attached hydrogen (secondary N) is 1. The zero-order valence-corrected chi connectivity index (χ0v) is 19.9. The maximum Gasteiger partial charge on any atom is 0.277 e. The molecule has 8 heteroatoms. The molecule has 1 saturated heterocycles. The van der Waals surface area contributed by atoms with Gasteiger partial charge in [0.2, 0.25) is 11.9 Å². The molecule has 5 rings (SSSR count). The number of benzene rings is 2. The number of nitrogens with zero attached hydrogens (tertiary/aromatic N) is 3. The normalized spacial score (nSPS) is 14.5. The number of hydrogen-bond donors (Lipinski definition) is 1. The molecule has 0 atom stereocenters. The van der Waals surface area contributed by atoms with E-state index in [0.717, 1.165) is 11.3 Å². The summed E-state index contributed by atoms with van der Waals surface area (Å²) < 4.78 is 15.8. The van der Waals surface area contributed by atoms with Gasteiger partial charge in [0.15, 0.2) is 0 Å². The number of carbonyl (C=O) groups excluding carboxylic acids is 1. The fourth-order valence-electron chi connectivity index (χ4n) is 4.35. The molecule has 174 valence electrons. The standard InChI is InChI=1S/C26H25FN4O2S/c1-16-3-6-20(7-4-16)31-25(33)23-22(11-14-34-23)29-26(31)30-12-9-18(10-13-30)24(32)28-19-5-8-21(27)17(2)15-19/h3-8,11,14-15,18H,9-10,12-13H2,1-2H3,(H,28,32). The van der Waals surface area contributed by atoms with Crippen LogP contribution in [0.1, 0.15) is 24.0 Å². The van der Waals surface area contributed by atoms with E-state index in [4.69, 9.17) is 4.98 Å². The summed E-state index contributed by atoms with van der Waals surface area (Å²) in [5, 5.41) is 4.80. The lowest BCUT2D eigenvalue weighted by atomic mass is 9.96. The SMILES string of the molecule is Cc1ccc(-n2c(N3CCC(C(=O)Nc4ccc(F)c(C)c4)CC3)nc3ccsc3c2=O)cc1. The van der Waals surface area contributed by atoms with E-state index in [0.29, 0.717) is 53.3 Å². The van der Waals surface area contributed by atoms with Gasteiger partial charge in [-0.15, -0.1) is 11.3 Å². The molecule has 0 saturated carbocycles. The minimum absolute atomic E-state index is 0.0668. The van der Waals surface area contributed by atoms with Crippen molar-refractivity contribution in [3.8, 4) is 5.69 Å². The highest BCUT2D eigenvalue weighted by Crippen LogP contribution is 2.27. The van der Waals surface area contributed by atoms with Crippen LogP contribution in [0.4, 0.5) is 16.0 Å². The lowest BCUT2D eigenvalue weighted by Crippen LogP contribution is -2.41. The maximum absolute atomic E-state index is 13.5. The Morgan fingerprint density at radius 2 is 1.82 bits per heavy atom. The summed E-state index contributed by atoms with van der Waals surface area (Å²) in [5.41, 5.74) is 3.61. The van der Waals surface area contributed by atoms with E-state index in [9.17, 15) is 14.0 Å². The molecule has 2 aromatic carbocycles. The summed E-state index contributed by atoms with van der Waals surface area (Å²) in [6, 6.07) is 14.3. The lowest BCUT2D eigenvalue weighted by molar-refractivity contribution is -0.120. The maximum atomic E-state index is 13.5. The second-order valence-corrected chi connectivity index (χ2v) is 9.65. The van der Waals surface area contributed by atoms with Crippen LogP contribution in [0.5, 0.6) is 0 Å². The molecule has 6 nitrogen and oxygen atoms in total. The number of carbonyl (C=O) groups is 1. The van der Waals surface area contributed by atoms with Crippen LogP contribution in [0.2, 0.25) is 0 Å². The molecule has 1 fully saturated rings. The summed E-state index contributed by atoms with van der Waals surface area (Å²) in [7, 11) is 0. The number of amides is 1. The van der Waals surface area contributed by atoms with Crippen molar-refractivity contribution in [2.45, 2.75) is 26.7 Å². The molecule has 0 aliphatic carbocycles. The first-order valence-corrected chi connectivity index (χ1v) is 12.2. The lowest BCUT2D eigenvalue weighted by Gasteiger charge is -2.33. The predicted octanol–water partition coefficient (Wildman–Crippen LogP) is 5.06. The Labute approximate surface area is 200 Å². The molecule has 0 radical (unpaired) electrons. The second-order valence-electron chi connectivity index (χ2n) is 8.74. The number of piperidine rings is 1. The van der Waals surface area contributed by atoms with Crippen molar-refractivity contribution < 1.29 is 9.18 Å². The number of thiophene rings is 1. The van der Waals surface area contributed by atoms with Crippen LogP contribution >= 0.6 is 11.3 Å². The van der Waals surface area contributed by atoms with Crippen molar-refractivity contribution in [2.24, 2.45) is 5.92 Å². The van der Waals surface area contributed by atoms with Crippen LogP contribution in [0, 0.1) is 25.6 Å². The van der Waals surface area contributed by atoms with Gasteiger partial charge in [-0.25, -0.2) is 13.9 Å². The fraction of sp³-hybridized carbons (Fsp3) is 0.269. The van der Waals surface area contributed by atoms with Gasteiger partial charge in [0.1, 0.15) is 10.5 Å². The Bertz CT molecular complexity index is 1420. The number of anilines is 2. The summed E-state index contributed by atoms with van der Waals surface area (Å²) in [5.74, 6) is 0.0858. The highest BCUT2D eigenvalue weighted by atomic mass is 32.1. The molecule has 1 aliphatic rings. The number of rotatable bonds is 4. The smallest absolute Gasteiger partial charge is 0.277 e. The van der Waals surface area contributed by atoms with Crippen molar-refractivity contribution in [1.82, 2.24) is 9.55 Å². The zero-order valence-electron chi connectivity index (χ0n) is 19.0. The van der Waals surface area contributed by atoms with Gasteiger partial charge in [-0.2, -0.15) is 0 Å². The van der Waals surface area contributed by atoms with Gasteiger partial charge in [0, 0.05) is 24.7 Å². The van der Waals surface area contributed by atoms with Crippen LogP contribution in [0.3, 0.4) is 0 Å². The molecule has 3 heterocycles. The minimum atomic E-state index is -0.291. The van der Waals surface area contributed by atoms with Gasteiger partial charge in [0.05, 0.1) is 11.2 Å².